The van der Waals surface area contributed by atoms with Crippen LogP contribution in [0.3, 0.4) is 0 Å². The largest absolute Gasteiger partial charge is 0.377 e. The highest BCUT2D eigenvalue weighted by Crippen LogP contribution is 2.19. The number of hydrogen-bond donors (Lipinski definition) is 0. The van der Waals surface area contributed by atoms with Crippen LogP contribution >= 0.6 is 0 Å². The van der Waals surface area contributed by atoms with Gasteiger partial charge in [-0.05, 0) is 25.7 Å². The average Bonchev–Trinajstić information content (AvgIpc) is 2.33. The first-order valence-corrected chi connectivity index (χ1v) is 6.66. The van der Waals surface area contributed by atoms with Gasteiger partial charge in [0.25, 0.3) is 0 Å². The van der Waals surface area contributed by atoms with Crippen LogP contribution in [0.1, 0.15) is 39.0 Å². The van der Waals surface area contributed by atoms with E-state index in [1.165, 1.54) is 19.3 Å². The second-order valence-corrected chi connectivity index (χ2v) is 5.07. The number of carbonyl (C=O) groups is 1. The minimum atomic E-state index is 0.275. The Morgan fingerprint density at radius 1 is 1.44 bits per heavy atom. The molecule has 92 valence electrons. The molecule has 16 heavy (non-hydrogen) atoms. The quantitative estimate of drug-likeness (QED) is 0.734. The predicted molar refractivity (Wildman–Crippen MR) is 63.4 cm³/mol. The molecule has 0 saturated carbocycles. The monoisotopic (exact) mass is 225 g/mol. The zero-order chi connectivity index (χ0) is 11.4. The van der Waals surface area contributed by atoms with Crippen LogP contribution in [0.2, 0.25) is 0 Å². The Morgan fingerprint density at radius 3 is 3.00 bits per heavy atom. The summed E-state index contributed by atoms with van der Waals surface area (Å²) in [7, 11) is 0. The summed E-state index contributed by atoms with van der Waals surface area (Å²) < 4.78 is 5.75. The van der Waals surface area contributed by atoms with Gasteiger partial charge >= 0.3 is 0 Å². The first-order chi connectivity index (χ1) is 7.79. The van der Waals surface area contributed by atoms with Crippen molar-refractivity contribution in [3.8, 4) is 0 Å². The predicted octanol–water partition coefficient (Wildman–Crippen LogP) is 1.86. The molecule has 2 atom stereocenters. The van der Waals surface area contributed by atoms with E-state index in [1.54, 1.807) is 0 Å². The molecule has 0 spiro atoms. The topological polar surface area (TPSA) is 29.5 Å². The van der Waals surface area contributed by atoms with Crippen LogP contribution in [0.15, 0.2) is 0 Å². The van der Waals surface area contributed by atoms with Crippen molar-refractivity contribution in [2.45, 2.75) is 45.1 Å². The molecule has 2 aliphatic heterocycles. The van der Waals surface area contributed by atoms with Crippen molar-refractivity contribution in [3.63, 3.8) is 0 Å². The molecule has 2 unspecified atom stereocenters. The van der Waals surface area contributed by atoms with Crippen molar-refractivity contribution >= 4 is 5.78 Å². The molecule has 0 aromatic heterocycles. The standard InChI is InChI=1S/C13H23NO2/c1-2-11-9-14(7-6-13(11)15)10-12-5-3-4-8-16-12/h11-12H,2-10H2,1H3. The zero-order valence-corrected chi connectivity index (χ0v) is 10.3. The van der Waals surface area contributed by atoms with Crippen LogP contribution in [-0.4, -0.2) is 43.0 Å². The number of Topliss-reactive ketones (excluding diaryl/α,β-unsaturated/α-hetero) is 1. The van der Waals surface area contributed by atoms with Crippen LogP contribution in [0.5, 0.6) is 0 Å². The molecule has 3 heteroatoms. The fourth-order valence-corrected chi connectivity index (χ4v) is 2.74. The molecule has 0 N–H and O–H groups in total. The SMILES string of the molecule is CCC1CN(CC2CCCCO2)CCC1=O. The molecule has 0 aliphatic carbocycles. The van der Waals surface area contributed by atoms with Gasteiger partial charge in [0.1, 0.15) is 5.78 Å². The van der Waals surface area contributed by atoms with Gasteiger partial charge in [0.15, 0.2) is 0 Å². The lowest BCUT2D eigenvalue weighted by Crippen LogP contribution is -2.45. The molecule has 2 rings (SSSR count). The highest BCUT2D eigenvalue weighted by Gasteiger charge is 2.27. The van der Waals surface area contributed by atoms with Gasteiger partial charge < -0.3 is 4.74 Å². The van der Waals surface area contributed by atoms with E-state index in [0.717, 1.165) is 39.1 Å². The van der Waals surface area contributed by atoms with Crippen molar-refractivity contribution in [2.24, 2.45) is 5.92 Å². The second kappa shape index (κ2) is 5.78. The van der Waals surface area contributed by atoms with Gasteiger partial charge in [0.05, 0.1) is 6.10 Å². The van der Waals surface area contributed by atoms with Crippen molar-refractivity contribution in [2.75, 3.05) is 26.2 Å². The number of likely N-dealkylation sites (tertiary alicyclic amines) is 1. The summed E-state index contributed by atoms with van der Waals surface area (Å²) in [5.41, 5.74) is 0. The first kappa shape index (κ1) is 12.1. The molecular weight excluding hydrogens is 202 g/mol. The summed E-state index contributed by atoms with van der Waals surface area (Å²) in [5, 5.41) is 0. The zero-order valence-electron chi connectivity index (χ0n) is 10.3. The summed E-state index contributed by atoms with van der Waals surface area (Å²) in [5.74, 6) is 0.737. The maximum atomic E-state index is 11.6. The van der Waals surface area contributed by atoms with Crippen molar-refractivity contribution in [1.82, 2.24) is 4.90 Å². The molecular formula is C13H23NO2. The Bertz CT molecular complexity index is 236. The van der Waals surface area contributed by atoms with Gasteiger partial charge in [-0.3, -0.25) is 9.69 Å². The number of carbonyl (C=O) groups excluding carboxylic acids is 1. The summed E-state index contributed by atoms with van der Waals surface area (Å²) in [6.45, 7) is 5.96. The van der Waals surface area contributed by atoms with Crippen molar-refractivity contribution in [3.05, 3.63) is 0 Å². The molecule has 0 aromatic rings. The van der Waals surface area contributed by atoms with E-state index in [-0.39, 0.29) is 5.92 Å². The Kier molecular flexibility index (Phi) is 4.36. The lowest BCUT2D eigenvalue weighted by atomic mass is 9.93. The third-order valence-electron chi connectivity index (χ3n) is 3.84. The molecule has 2 heterocycles. The summed E-state index contributed by atoms with van der Waals surface area (Å²) >= 11 is 0. The molecule has 2 aliphatic rings. The number of ketones is 1. The average molecular weight is 225 g/mol. The lowest BCUT2D eigenvalue weighted by Gasteiger charge is -2.34. The van der Waals surface area contributed by atoms with E-state index in [1.807, 2.05) is 0 Å². The van der Waals surface area contributed by atoms with Gasteiger partial charge in [0.2, 0.25) is 0 Å². The third-order valence-corrected chi connectivity index (χ3v) is 3.84. The Hall–Kier alpha value is -0.410. The minimum Gasteiger partial charge on any atom is -0.377 e. The fraction of sp³-hybridized carbons (Fsp3) is 0.923. The third kappa shape index (κ3) is 3.05. The van der Waals surface area contributed by atoms with Crippen molar-refractivity contribution in [1.29, 1.82) is 0 Å². The van der Waals surface area contributed by atoms with Gasteiger partial charge in [0, 0.05) is 38.6 Å². The summed E-state index contributed by atoms with van der Waals surface area (Å²) in [6, 6.07) is 0. The number of piperidine rings is 1. The molecule has 0 radical (unpaired) electrons. The van der Waals surface area contributed by atoms with E-state index < -0.39 is 0 Å². The highest BCUT2D eigenvalue weighted by molar-refractivity contribution is 5.82. The van der Waals surface area contributed by atoms with Crippen LogP contribution in [0, 0.1) is 5.92 Å². The lowest BCUT2D eigenvalue weighted by molar-refractivity contribution is -0.127. The summed E-state index contributed by atoms with van der Waals surface area (Å²) in [4.78, 5) is 14.0. The van der Waals surface area contributed by atoms with E-state index in [4.69, 9.17) is 4.74 Å². The van der Waals surface area contributed by atoms with E-state index in [0.29, 0.717) is 11.9 Å². The van der Waals surface area contributed by atoms with Gasteiger partial charge in [-0.2, -0.15) is 0 Å². The van der Waals surface area contributed by atoms with Crippen molar-refractivity contribution < 1.29 is 9.53 Å². The number of ether oxygens (including phenoxy) is 1. The van der Waals surface area contributed by atoms with Crippen LogP contribution in [0.25, 0.3) is 0 Å². The number of nitrogens with zero attached hydrogens (tertiary/aromatic N) is 1. The van der Waals surface area contributed by atoms with E-state index in [9.17, 15) is 4.79 Å². The molecule has 2 fully saturated rings. The van der Waals surface area contributed by atoms with Gasteiger partial charge in [-0.15, -0.1) is 0 Å². The van der Waals surface area contributed by atoms with Gasteiger partial charge in [-0.25, -0.2) is 0 Å². The maximum Gasteiger partial charge on any atom is 0.138 e. The Labute approximate surface area is 98.1 Å². The highest BCUT2D eigenvalue weighted by atomic mass is 16.5. The molecule has 0 aromatic carbocycles. The van der Waals surface area contributed by atoms with E-state index >= 15 is 0 Å². The minimum absolute atomic E-state index is 0.275. The van der Waals surface area contributed by atoms with Crippen LogP contribution in [0.4, 0.5) is 0 Å². The number of hydrogen-bond acceptors (Lipinski definition) is 3. The summed E-state index contributed by atoms with van der Waals surface area (Å²) in [6.07, 6.45) is 5.86. The normalized spacial score (nSPS) is 32.9. The van der Waals surface area contributed by atoms with E-state index in [2.05, 4.69) is 11.8 Å². The molecule has 2 saturated heterocycles. The molecule has 3 nitrogen and oxygen atoms in total. The molecule has 0 bridgehead atoms. The Balaban J connectivity index is 1.79. The Morgan fingerprint density at radius 2 is 2.31 bits per heavy atom. The smallest absolute Gasteiger partial charge is 0.138 e. The second-order valence-electron chi connectivity index (χ2n) is 5.07. The number of rotatable bonds is 3. The van der Waals surface area contributed by atoms with Crippen LogP contribution < -0.4 is 0 Å². The fourth-order valence-electron chi connectivity index (χ4n) is 2.74. The maximum absolute atomic E-state index is 11.6. The van der Waals surface area contributed by atoms with Crippen LogP contribution in [-0.2, 0) is 9.53 Å². The molecule has 0 amide bonds. The van der Waals surface area contributed by atoms with Gasteiger partial charge in [-0.1, -0.05) is 6.92 Å². The first-order valence-electron chi connectivity index (χ1n) is 6.66.